The number of alkyl halides is 3. The maximum Gasteiger partial charge on any atom is 0.416 e. The van der Waals surface area contributed by atoms with E-state index in [1.807, 2.05) is 0 Å². The zero-order chi connectivity index (χ0) is 19.2. The summed E-state index contributed by atoms with van der Waals surface area (Å²) in [6.45, 7) is 2.29. The van der Waals surface area contributed by atoms with Gasteiger partial charge in [-0.1, -0.05) is 18.2 Å². The summed E-state index contributed by atoms with van der Waals surface area (Å²) < 4.78 is 37.5. The van der Waals surface area contributed by atoms with Gasteiger partial charge in [-0.15, -0.1) is 0 Å². The standard InChI is InChI=1S/C19H17F3N2O2/c1-2-23-18(26)14-4-3-5-16(12-14)24-17(25)11-8-13-6-9-15(10-7-13)19(20,21)22/h3-12H,2H2,1H3,(H,23,26)(H,24,25)/b11-8+. The Hall–Kier alpha value is -3.09. The molecule has 0 aliphatic heterocycles. The molecule has 0 aliphatic carbocycles. The summed E-state index contributed by atoms with van der Waals surface area (Å²) >= 11 is 0. The summed E-state index contributed by atoms with van der Waals surface area (Å²) in [5.41, 5.74) is 0.567. The zero-order valence-electron chi connectivity index (χ0n) is 13.9. The largest absolute Gasteiger partial charge is 0.416 e. The van der Waals surface area contributed by atoms with Gasteiger partial charge in [0.05, 0.1) is 5.56 Å². The highest BCUT2D eigenvalue weighted by atomic mass is 19.4. The molecule has 2 aromatic carbocycles. The molecule has 0 radical (unpaired) electrons. The van der Waals surface area contributed by atoms with Crippen molar-refractivity contribution in [2.24, 2.45) is 0 Å². The lowest BCUT2D eigenvalue weighted by Gasteiger charge is -2.06. The van der Waals surface area contributed by atoms with Crippen molar-refractivity contribution in [2.75, 3.05) is 11.9 Å². The first-order valence-electron chi connectivity index (χ1n) is 7.84. The fraction of sp³-hybridized carbons (Fsp3) is 0.158. The molecule has 26 heavy (non-hydrogen) atoms. The summed E-state index contributed by atoms with van der Waals surface area (Å²) in [7, 11) is 0. The molecule has 2 N–H and O–H groups in total. The van der Waals surface area contributed by atoms with Crippen LogP contribution in [0.1, 0.15) is 28.4 Å². The second-order valence-electron chi connectivity index (χ2n) is 5.38. The molecule has 136 valence electrons. The Morgan fingerprint density at radius 1 is 1.08 bits per heavy atom. The summed E-state index contributed by atoms with van der Waals surface area (Å²) in [5.74, 6) is -0.707. The Kier molecular flexibility index (Phi) is 6.16. The lowest BCUT2D eigenvalue weighted by molar-refractivity contribution is -0.137. The number of benzene rings is 2. The molecule has 2 rings (SSSR count). The first kappa shape index (κ1) is 19.2. The van der Waals surface area contributed by atoms with Gasteiger partial charge in [-0.3, -0.25) is 9.59 Å². The summed E-state index contributed by atoms with van der Waals surface area (Å²) in [6, 6.07) is 10.9. The quantitative estimate of drug-likeness (QED) is 0.787. The number of carbonyl (C=O) groups excluding carboxylic acids is 2. The lowest BCUT2D eigenvalue weighted by atomic mass is 10.1. The second kappa shape index (κ2) is 8.33. The molecule has 0 aliphatic rings. The molecule has 7 heteroatoms. The van der Waals surface area contributed by atoms with Crippen LogP contribution in [0, 0.1) is 0 Å². The van der Waals surface area contributed by atoms with Crippen LogP contribution in [0.3, 0.4) is 0 Å². The van der Waals surface area contributed by atoms with E-state index < -0.39 is 17.6 Å². The predicted molar refractivity (Wildman–Crippen MR) is 93.6 cm³/mol. The van der Waals surface area contributed by atoms with Crippen molar-refractivity contribution in [2.45, 2.75) is 13.1 Å². The highest BCUT2D eigenvalue weighted by molar-refractivity contribution is 6.03. The van der Waals surface area contributed by atoms with Crippen LogP contribution in [-0.4, -0.2) is 18.4 Å². The summed E-state index contributed by atoms with van der Waals surface area (Å²) in [5, 5.41) is 5.26. The van der Waals surface area contributed by atoms with Gasteiger partial charge in [0.15, 0.2) is 0 Å². The van der Waals surface area contributed by atoms with Crippen molar-refractivity contribution in [3.8, 4) is 0 Å². The summed E-state index contributed by atoms with van der Waals surface area (Å²) in [6.07, 6.45) is -1.78. The molecule has 0 bridgehead atoms. The fourth-order valence-corrected chi connectivity index (χ4v) is 2.14. The number of anilines is 1. The van der Waals surface area contributed by atoms with Gasteiger partial charge >= 0.3 is 6.18 Å². The Labute approximate surface area is 148 Å². The Morgan fingerprint density at radius 2 is 1.77 bits per heavy atom. The number of hydrogen-bond acceptors (Lipinski definition) is 2. The Balaban J connectivity index is 2.01. The lowest BCUT2D eigenvalue weighted by Crippen LogP contribution is -2.22. The zero-order valence-corrected chi connectivity index (χ0v) is 13.9. The van der Waals surface area contributed by atoms with Crippen LogP contribution in [0.25, 0.3) is 6.08 Å². The molecule has 0 saturated heterocycles. The number of hydrogen-bond donors (Lipinski definition) is 2. The molecule has 0 atom stereocenters. The van der Waals surface area contributed by atoms with Gasteiger partial charge in [0.1, 0.15) is 0 Å². The number of rotatable bonds is 5. The third kappa shape index (κ3) is 5.47. The predicted octanol–water partition coefficient (Wildman–Crippen LogP) is 4.11. The van der Waals surface area contributed by atoms with E-state index >= 15 is 0 Å². The van der Waals surface area contributed by atoms with Crippen LogP contribution < -0.4 is 10.6 Å². The monoisotopic (exact) mass is 362 g/mol. The Morgan fingerprint density at radius 3 is 2.38 bits per heavy atom. The highest BCUT2D eigenvalue weighted by Gasteiger charge is 2.29. The number of carbonyl (C=O) groups is 2. The average Bonchev–Trinajstić information content (AvgIpc) is 2.60. The molecular formula is C19H17F3N2O2. The first-order valence-corrected chi connectivity index (χ1v) is 7.84. The van der Waals surface area contributed by atoms with Gasteiger partial charge in [-0.05, 0) is 48.9 Å². The van der Waals surface area contributed by atoms with Crippen molar-refractivity contribution >= 4 is 23.6 Å². The normalized spacial score (nSPS) is 11.4. The summed E-state index contributed by atoms with van der Waals surface area (Å²) in [4.78, 5) is 23.7. The van der Waals surface area contributed by atoms with E-state index in [0.29, 0.717) is 23.4 Å². The smallest absolute Gasteiger partial charge is 0.352 e. The third-order valence-electron chi connectivity index (χ3n) is 3.39. The van der Waals surface area contributed by atoms with E-state index in [1.54, 1.807) is 25.1 Å². The molecule has 0 unspecified atom stereocenters. The van der Waals surface area contributed by atoms with Gasteiger partial charge in [-0.2, -0.15) is 13.2 Å². The second-order valence-corrected chi connectivity index (χ2v) is 5.38. The van der Waals surface area contributed by atoms with Crippen LogP contribution in [-0.2, 0) is 11.0 Å². The molecule has 0 fully saturated rings. The van der Waals surface area contributed by atoms with E-state index in [9.17, 15) is 22.8 Å². The number of nitrogens with one attached hydrogen (secondary N) is 2. The van der Waals surface area contributed by atoms with Gasteiger partial charge < -0.3 is 10.6 Å². The van der Waals surface area contributed by atoms with E-state index in [2.05, 4.69) is 10.6 Å². The van der Waals surface area contributed by atoms with E-state index in [4.69, 9.17) is 0 Å². The molecule has 2 amide bonds. The molecule has 0 aromatic heterocycles. The number of halogens is 3. The van der Waals surface area contributed by atoms with Crippen LogP contribution in [0.15, 0.2) is 54.6 Å². The van der Waals surface area contributed by atoms with Crippen molar-refractivity contribution in [1.29, 1.82) is 0 Å². The van der Waals surface area contributed by atoms with E-state index in [0.717, 1.165) is 12.1 Å². The minimum Gasteiger partial charge on any atom is -0.352 e. The molecule has 0 heterocycles. The third-order valence-corrected chi connectivity index (χ3v) is 3.39. The Bertz CT molecular complexity index is 812. The number of amides is 2. The fourth-order valence-electron chi connectivity index (χ4n) is 2.14. The molecular weight excluding hydrogens is 345 g/mol. The minimum atomic E-state index is -4.39. The first-order chi connectivity index (χ1) is 12.3. The van der Waals surface area contributed by atoms with Gasteiger partial charge in [-0.25, -0.2) is 0 Å². The van der Waals surface area contributed by atoms with Crippen molar-refractivity contribution in [1.82, 2.24) is 5.32 Å². The van der Waals surface area contributed by atoms with Gasteiger partial charge in [0.2, 0.25) is 5.91 Å². The van der Waals surface area contributed by atoms with Gasteiger partial charge in [0, 0.05) is 23.9 Å². The maximum absolute atomic E-state index is 12.5. The van der Waals surface area contributed by atoms with Crippen LogP contribution >= 0.6 is 0 Å². The maximum atomic E-state index is 12.5. The highest BCUT2D eigenvalue weighted by Crippen LogP contribution is 2.29. The van der Waals surface area contributed by atoms with Crippen LogP contribution in [0.5, 0.6) is 0 Å². The van der Waals surface area contributed by atoms with Crippen LogP contribution in [0.4, 0.5) is 18.9 Å². The van der Waals surface area contributed by atoms with E-state index in [-0.39, 0.29) is 5.91 Å². The molecule has 2 aromatic rings. The van der Waals surface area contributed by atoms with E-state index in [1.165, 1.54) is 30.4 Å². The molecule has 0 spiro atoms. The average molecular weight is 362 g/mol. The van der Waals surface area contributed by atoms with Crippen LogP contribution in [0.2, 0.25) is 0 Å². The van der Waals surface area contributed by atoms with Crippen molar-refractivity contribution in [3.63, 3.8) is 0 Å². The SMILES string of the molecule is CCNC(=O)c1cccc(NC(=O)/C=C/c2ccc(C(F)(F)F)cc2)c1. The van der Waals surface area contributed by atoms with Crippen molar-refractivity contribution < 1.29 is 22.8 Å². The molecule has 4 nitrogen and oxygen atoms in total. The topological polar surface area (TPSA) is 58.2 Å². The molecule has 0 saturated carbocycles. The minimum absolute atomic E-state index is 0.246. The van der Waals surface area contributed by atoms with Crippen molar-refractivity contribution in [3.05, 3.63) is 71.3 Å². The van der Waals surface area contributed by atoms with Gasteiger partial charge in [0.25, 0.3) is 5.91 Å².